The molecule has 0 bridgehead atoms. The molecule has 4 aliphatic rings. The van der Waals surface area contributed by atoms with E-state index in [1.807, 2.05) is 6.08 Å². The molecular formula is C30H46O5. The molecule has 8 atom stereocenters. The summed E-state index contributed by atoms with van der Waals surface area (Å²) in [5, 5.41) is 31.6. The molecule has 5 nitrogen and oxygen atoms in total. The zero-order chi connectivity index (χ0) is 26.1. The second-order valence-electron chi connectivity index (χ2n) is 13.6. The summed E-state index contributed by atoms with van der Waals surface area (Å²) in [5.74, 6) is 0.129. The second kappa shape index (κ2) is 8.55. The van der Waals surface area contributed by atoms with Gasteiger partial charge in [-0.25, -0.2) is 4.79 Å². The number of aliphatic carboxylic acids is 1. The van der Waals surface area contributed by atoms with Crippen LogP contribution in [0, 0.1) is 39.4 Å². The molecule has 196 valence electrons. The molecule has 2 saturated carbocycles. The average Bonchev–Trinajstić information content (AvgIpc) is 3.03. The number of carbonyl (C=O) groups is 2. The molecule has 0 saturated heterocycles. The van der Waals surface area contributed by atoms with E-state index in [4.69, 9.17) is 5.11 Å². The highest BCUT2D eigenvalue weighted by Crippen LogP contribution is 2.71. The number of ketones is 1. The van der Waals surface area contributed by atoms with E-state index in [1.165, 1.54) is 0 Å². The normalized spacial score (nSPS) is 43.9. The van der Waals surface area contributed by atoms with Gasteiger partial charge in [-0.15, -0.1) is 0 Å². The van der Waals surface area contributed by atoms with Crippen molar-refractivity contribution in [3.8, 4) is 0 Å². The van der Waals surface area contributed by atoms with Crippen molar-refractivity contribution in [2.45, 2.75) is 112 Å². The van der Waals surface area contributed by atoms with Crippen molar-refractivity contribution in [2.75, 3.05) is 0 Å². The summed E-state index contributed by atoms with van der Waals surface area (Å²) in [6, 6.07) is 0. The third kappa shape index (κ3) is 3.70. The van der Waals surface area contributed by atoms with Gasteiger partial charge in [0, 0.05) is 17.6 Å². The highest BCUT2D eigenvalue weighted by atomic mass is 16.4. The van der Waals surface area contributed by atoms with E-state index in [1.54, 1.807) is 6.92 Å². The van der Waals surface area contributed by atoms with Crippen molar-refractivity contribution >= 4 is 11.8 Å². The van der Waals surface area contributed by atoms with E-state index in [9.17, 15) is 19.8 Å². The molecule has 4 aliphatic carbocycles. The van der Waals surface area contributed by atoms with Gasteiger partial charge in [0.05, 0.1) is 12.2 Å². The zero-order valence-electron chi connectivity index (χ0n) is 22.8. The van der Waals surface area contributed by atoms with Gasteiger partial charge in [0.2, 0.25) is 0 Å². The molecular weight excluding hydrogens is 440 g/mol. The molecule has 5 heteroatoms. The fourth-order valence-corrected chi connectivity index (χ4v) is 9.24. The first-order chi connectivity index (χ1) is 16.1. The lowest BCUT2D eigenvalue weighted by molar-refractivity contribution is -0.137. The summed E-state index contributed by atoms with van der Waals surface area (Å²) >= 11 is 0. The van der Waals surface area contributed by atoms with Crippen LogP contribution in [0.5, 0.6) is 0 Å². The molecule has 0 amide bonds. The molecule has 0 radical (unpaired) electrons. The maximum absolute atomic E-state index is 14.1. The van der Waals surface area contributed by atoms with Gasteiger partial charge in [-0.3, -0.25) is 4.79 Å². The topological polar surface area (TPSA) is 94.8 Å². The van der Waals surface area contributed by atoms with E-state index in [-0.39, 0.29) is 33.4 Å². The Labute approximate surface area is 211 Å². The molecule has 0 aromatic rings. The van der Waals surface area contributed by atoms with Crippen molar-refractivity contribution in [3.63, 3.8) is 0 Å². The summed E-state index contributed by atoms with van der Waals surface area (Å²) in [6.45, 7) is 14.9. The first-order valence-corrected chi connectivity index (χ1v) is 13.7. The number of aliphatic hydroxyl groups excluding tert-OH is 2. The van der Waals surface area contributed by atoms with Gasteiger partial charge in [0.1, 0.15) is 0 Å². The lowest BCUT2D eigenvalue weighted by atomic mass is 9.42. The van der Waals surface area contributed by atoms with Crippen LogP contribution in [0.3, 0.4) is 0 Å². The standard InChI is InChI=1S/C30H46O5/c1-17(9-8-10-18(2)26(34)35)19-11-14-29(6)25-20(31)15-22-27(3,4)23(33)12-13-28(22,5)24(25)21(32)16-30(19,29)7/h10,17,19-20,22-23,31,33H,8-9,11-16H2,1-7H3,(H,34,35)/b18-10+/t17-,19+,20+,22-,23+,28+,29+,30-/m1/s1. The number of carbonyl (C=O) groups excluding carboxylic acids is 1. The van der Waals surface area contributed by atoms with E-state index in [0.717, 1.165) is 43.3 Å². The lowest BCUT2D eigenvalue weighted by Gasteiger charge is -2.62. The van der Waals surface area contributed by atoms with Gasteiger partial charge < -0.3 is 15.3 Å². The summed E-state index contributed by atoms with van der Waals surface area (Å²) in [7, 11) is 0. The van der Waals surface area contributed by atoms with Crippen molar-refractivity contribution in [1.29, 1.82) is 0 Å². The van der Waals surface area contributed by atoms with Gasteiger partial charge in [0.25, 0.3) is 0 Å². The van der Waals surface area contributed by atoms with E-state index in [0.29, 0.717) is 36.7 Å². The summed E-state index contributed by atoms with van der Waals surface area (Å²) in [4.78, 5) is 25.2. The number of Topliss-reactive ketones (excluding diaryl/α,β-unsaturated/α-hetero) is 1. The summed E-state index contributed by atoms with van der Waals surface area (Å²) in [5.41, 5.74) is 1.20. The third-order valence-corrected chi connectivity index (χ3v) is 11.6. The molecule has 0 spiro atoms. The Bertz CT molecular complexity index is 975. The number of hydrogen-bond acceptors (Lipinski definition) is 4. The highest BCUT2D eigenvalue weighted by Gasteiger charge is 2.67. The molecule has 0 heterocycles. The quantitative estimate of drug-likeness (QED) is 0.434. The molecule has 0 unspecified atom stereocenters. The van der Waals surface area contributed by atoms with Crippen molar-refractivity contribution in [1.82, 2.24) is 0 Å². The lowest BCUT2D eigenvalue weighted by Crippen LogP contribution is -2.59. The Morgan fingerprint density at radius 1 is 1.11 bits per heavy atom. The monoisotopic (exact) mass is 486 g/mol. The van der Waals surface area contributed by atoms with Crippen LogP contribution in [0.2, 0.25) is 0 Å². The number of allylic oxidation sites excluding steroid dienone is 2. The predicted octanol–water partition coefficient (Wildman–Crippen LogP) is 5.69. The minimum absolute atomic E-state index is 0.0739. The van der Waals surface area contributed by atoms with Crippen LogP contribution in [0.1, 0.15) is 99.8 Å². The Balaban J connectivity index is 1.70. The Hall–Kier alpha value is -1.46. The fraction of sp³-hybridized carbons (Fsp3) is 0.800. The number of fused-ring (bicyclic) bond motifs is 4. The minimum atomic E-state index is -0.869. The van der Waals surface area contributed by atoms with Crippen LogP contribution in [0.4, 0.5) is 0 Å². The van der Waals surface area contributed by atoms with Crippen LogP contribution < -0.4 is 0 Å². The largest absolute Gasteiger partial charge is 0.478 e. The van der Waals surface area contributed by atoms with E-state index in [2.05, 4.69) is 41.5 Å². The fourth-order valence-electron chi connectivity index (χ4n) is 9.24. The first-order valence-electron chi connectivity index (χ1n) is 13.7. The number of aliphatic hydroxyl groups is 2. The third-order valence-electron chi connectivity index (χ3n) is 11.6. The van der Waals surface area contributed by atoms with Crippen LogP contribution in [0.15, 0.2) is 22.8 Å². The molecule has 4 rings (SSSR count). The Morgan fingerprint density at radius 2 is 1.77 bits per heavy atom. The smallest absolute Gasteiger partial charge is 0.330 e. The Morgan fingerprint density at radius 3 is 2.40 bits per heavy atom. The van der Waals surface area contributed by atoms with Gasteiger partial charge >= 0.3 is 5.97 Å². The molecule has 0 aromatic carbocycles. The molecule has 2 fully saturated rings. The van der Waals surface area contributed by atoms with E-state index < -0.39 is 18.2 Å². The van der Waals surface area contributed by atoms with Gasteiger partial charge in [-0.1, -0.05) is 47.6 Å². The van der Waals surface area contributed by atoms with Gasteiger partial charge in [-0.2, -0.15) is 0 Å². The minimum Gasteiger partial charge on any atom is -0.478 e. The predicted molar refractivity (Wildman–Crippen MR) is 137 cm³/mol. The van der Waals surface area contributed by atoms with Crippen LogP contribution >= 0.6 is 0 Å². The number of hydrogen-bond donors (Lipinski definition) is 3. The average molecular weight is 487 g/mol. The molecule has 0 aromatic heterocycles. The van der Waals surface area contributed by atoms with Gasteiger partial charge in [-0.05, 0) is 96.9 Å². The highest BCUT2D eigenvalue weighted by molar-refractivity contribution is 6.00. The summed E-state index contributed by atoms with van der Waals surface area (Å²) < 4.78 is 0. The zero-order valence-corrected chi connectivity index (χ0v) is 22.8. The number of carboxylic acid groups (broad SMARTS) is 1. The van der Waals surface area contributed by atoms with Gasteiger partial charge in [0.15, 0.2) is 5.78 Å². The molecule has 0 aliphatic heterocycles. The maximum Gasteiger partial charge on any atom is 0.330 e. The SMILES string of the molecule is C/C(=C\CC[C@@H](C)[C@@H]1CC[C@@]2(C)C3=C(C(=O)C[C@]12C)[C@@]1(C)CC[C@H](O)C(C)(C)[C@H]1C[C@@H]3O)C(=O)O. The van der Waals surface area contributed by atoms with E-state index >= 15 is 0 Å². The number of carboxylic acids is 1. The number of rotatable bonds is 5. The van der Waals surface area contributed by atoms with Crippen molar-refractivity contribution < 1.29 is 24.9 Å². The molecule has 35 heavy (non-hydrogen) atoms. The molecule has 3 N–H and O–H groups in total. The maximum atomic E-state index is 14.1. The first kappa shape index (κ1) is 26.6. The van der Waals surface area contributed by atoms with Crippen LogP contribution in [-0.2, 0) is 9.59 Å². The van der Waals surface area contributed by atoms with Crippen molar-refractivity contribution in [3.05, 3.63) is 22.8 Å². The van der Waals surface area contributed by atoms with Crippen LogP contribution in [-0.4, -0.2) is 39.3 Å². The second-order valence-corrected chi connectivity index (χ2v) is 13.6. The summed E-state index contributed by atoms with van der Waals surface area (Å²) in [6.07, 6.45) is 6.99. The van der Waals surface area contributed by atoms with Crippen molar-refractivity contribution in [2.24, 2.45) is 39.4 Å². The Kier molecular flexibility index (Phi) is 6.50. The van der Waals surface area contributed by atoms with Crippen LogP contribution in [0.25, 0.3) is 0 Å².